The number of urea groups is 1. The Balaban J connectivity index is 1.55. The van der Waals surface area contributed by atoms with Crippen molar-refractivity contribution in [3.8, 4) is 0 Å². The van der Waals surface area contributed by atoms with E-state index in [0.717, 1.165) is 30.9 Å². The zero-order valence-electron chi connectivity index (χ0n) is 17.0. The Labute approximate surface area is 174 Å². The maximum absolute atomic E-state index is 14.1. The first-order valence-electron chi connectivity index (χ1n) is 10.3. The summed E-state index contributed by atoms with van der Waals surface area (Å²) in [6.07, 6.45) is 3.57. The summed E-state index contributed by atoms with van der Waals surface area (Å²) in [5.74, 6) is -1.28. The second-order valence-corrected chi connectivity index (χ2v) is 8.08. The summed E-state index contributed by atoms with van der Waals surface area (Å²) >= 11 is 0. The molecule has 1 saturated carbocycles. The van der Waals surface area contributed by atoms with E-state index in [1.54, 1.807) is 9.80 Å². The molecule has 2 aromatic carbocycles. The molecule has 0 bridgehead atoms. The molecule has 2 fully saturated rings. The molecule has 0 atom stereocenters. The Bertz CT molecular complexity index is 975. The topological polar surface area (TPSA) is 52.6 Å². The van der Waals surface area contributed by atoms with E-state index in [1.165, 1.54) is 12.1 Å². The van der Waals surface area contributed by atoms with E-state index < -0.39 is 11.6 Å². The van der Waals surface area contributed by atoms with Gasteiger partial charge in [-0.1, -0.05) is 18.6 Å². The largest absolute Gasteiger partial charge is 0.324 e. The number of anilines is 2. The molecule has 0 unspecified atom stereocenters. The average molecular weight is 413 g/mol. The van der Waals surface area contributed by atoms with E-state index >= 15 is 0 Å². The van der Waals surface area contributed by atoms with Crippen molar-refractivity contribution >= 4 is 23.3 Å². The van der Waals surface area contributed by atoms with E-state index in [-0.39, 0.29) is 30.0 Å². The van der Waals surface area contributed by atoms with E-state index in [2.05, 4.69) is 5.32 Å². The Morgan fingerprint density at radius 2 is 1.90 bits per heavy atom. The smallest absolute Gasteiger partial charge is 0.324 e. The van der Waals surface area contributed by atoms with Gasteiger partial charge in [-0.05, 0) is 49.9 Å². The first-order valence-corrected chi connectivity index (χ1v) is 10.3. The highest BCUT2D eigenvalue weighted by atomic mass is 19.1. The lowest BCUT2D eigenvalue weighted by Crippen LogP contribution is -2.49. The molecule has 1 aliphatic carbocycles. The van der Waals surface area contributed by atoms with Gasteiger partial charge in [0, 0.05) is 30.6 Å². The predicted octanol–water partition coefficient (Wildman–Crippen LogP) is 4.84. The van der Waals surface area contributed by atoms with Crippen LogP contribution in [0.3, 0.4) is 0 Å². The van der Waals surface area contributed by atoms with Crippen LogP contribution in [-0.4, -0.2) is 29.9 Å². The quantitative estimate of drug-likeness (QED) is 0.762. The van der Waals surface area contributed by atoms with Crippen LogP contribution in [0.5, 0.6) is 0 Å². The van der Waals surface area contributed by atoms with Crippen molar-refractivity contribution in [2.45, 2.75) is 39.2 Å². The number of hydrogen-bond donors (Lipinski definition) is 1. The number of carbonyl (C=O) groups excluding carboxylic acids is 2. The van der Waals surface area contributed by atoms with Crippen molar-refractivity contribution < 1.29 is 18.4 Å². The second-order valence-electron chi connectivity index (χ2n) is 8.08. The van der Waals surface area contributed by atoms with Crippen LogP contribution in [0.15, 0.2) is 36.4 Å². The third kappa shape index (κ3) is 4.15. The number of aryl methyl sites for hydroxylation is 1. The molecule has 4 rings (SSSR count). The van der Waals surface area contributed by atoms with Gasteiger partial charge in [-0.15, -0.1) is 0 Å². The van der Waals surface area contributed by atoms with Crippen LogP contribution in [0, 0.1) is 24.5 Å². The normalized spacial score (nSPS) is 17.1. The zero-order valence-corrected chi connectivity index (χ0v) is 17.0. The second kappa shape index (κ2) is 8.42. The van der Waals surface area contributed by atoms with Crippen LogP contribution >= 0.6 is 0 Å². The van der Waals surface area contributed by atoms with Gasteiger partial charge in [0.05, 0.1) is 17.9 Å². The molecule has 7 heteroatoms. The van der Waals surface area contributed by atoms with Gasteiger partial charge in [0.15, 0.2) is 0 Å². The first-order chi connectivity index (χ1) is 14.4. The number of nitrogens with one attached hydrogen (secondary N) is 1. The van der Waals surface area contributed by atoms with Crippen molar-refractivity contribution in [3.63, 3.8) is 0 Å². The maximum atomic E-state index is 14.1. The summed E-state index contributed by atoms with van der Waals surface area (Å²) in [5, 5.41) is 3.00. The SMILES string of the molecule is Cc1ccc(N2CCCN(Cc3ccc(F)cc3F)C2=O)c(NC(=O)C2CCC2)c1. The molecular formula is C23H25F2N3O2. The molecule has 158 valence electrons. The van der Waals surface area contributed by atoms with Gasteiger partial charge in [-0.25, -0.2) is 13.6 Å². The number of rotatable bonds is 5. The molecule has 2 aromatic rings. The monoisotopic (exact) mass is 413 g/mol. The molecule has 1 heterocycles. The third-order valence-electron chi connectivity index (χ3n) is 5.86. The minimum atomic E-state index is -0.663. The molecular weight excluding hydrogens is 388 g/mol. The zero-order chi connectivity index (χ0) is 21.3. The number of amides is 3. The Kier molecular flexibility index (Phi) is 5.70. The van der Waals surface area contributed by atoms with Crippen LogP contribution < -0.4 is 10.2 Å². The molecule has 0 spiro atoms. The number of benzene rings is 2. The lowest BCUT2D eigenvalue weighted by atomic mass is 9.85. The lowest BCUT2D eigenvalue weighted by Gasteiger charge is -2.37. The standard InChI is InChI=1S/C23H25F2N3O2/c1-15-6-9-21(20(12-15)26-22(29)16-4-2-5-16)28-11-3-10-27(23(28)30)14-17-7-8-18(24)13-19(17)25/h6-9,12-13,16H,2-5,10-11,14H2,1H3,(H,26,29). The Hall–Kier alpha value is -2.96. The van der Waals surface area contributed by atoms with Crippen molar-refractivity contribution in [2.24, 2.45) is 5.92 Å². The van der Waals surface area contributed by atoms with Gasteiger partial charge in [-0.3, -0.25) is 9.69 Å². The minimum Gasteiger partial charge on any atom is -0.324 e. The van der Waals surface area contributed by atoms with Gasteiger partial charge >= 0.3 is 6.03 Å². The van der Waals surface area contributed by atoms with Gasteiger partial charge < -0.3 is 10.2 Å². The molecule has 30 heavy (non-hydrogen) atoms. The fourth-order valence-electron chi connectivity index (χ4n) is 3.90. The summed E-state index contributed by atoms with van der Waals surface area (Å²) in [6, 6.07) is 8.75. The summed E-state index contributed by atoms with van der Waals surface area (Å²) in [4.78, 5) is 28.8. The van der Waals surface area contributed by atoms with Crippen molar-refractivity contribution in [1.82, 2.24) is 4.90 Å². The summed E-state index contributed by atoms with van der Waals surface area (Å²) in [7, 11) is 0. The van der Waals surface area contributed by atoms with E-state index in [0.29, 0.717) is 30.9 Å². The van der Waals surface area contributed by atoms with E-state index in [9.17, 15) is 18.4 Å². The highest BCUT2D eigenvalue weighted by Gasteiger charge is 2.30. The van der Waals surface area contributed by atoms with Gasteiger partial charge in [0.25, 0.3) is 0 Å². The van der Waals surface area contributed by atoms with Crippen molar-refractivity contribution in [1.29, 1.82) is 0 Å². The Morgan fingerprint density at radius 1 is 1.10 bits per heavy atom. The van der Waals surface area contributed by atoms with E-state index in [4.69, 9.17) is 0 Å². The number of nitrogens with zero attached hydrogens (tertiary/aromatic N) is 2. The summed E-state index contributed by atoms with van der Waals surface area (Å²) < 4.78 is 27.3. The first kappa shape index (κ1) is 20.3. The fraction of sp³-hybridized carbons (Fsp3) is 0.391. The molecule has 0 aromatic heterocycles. The maximum Gasteiger partial charge on any atom is 0.324 e. The fourth-order valence-corrected chi connectivity index (χ4v) is 3.90. The Morgan fingerprint density at radius 3 is 2.60 bits per heavy atom. The van der Waals surface area contributed by atoms with Crippen LogP contribution in [0.25, 0.3) is 0 Å². The van der Waals surface area contributed by atoms with Gasteiger partial charge in [0.1, 0.15) is 11.6 Å². The minimum absolute atomic E-state index is 0.0113. The summed E-state index contributed by atoms with van der Waals surface area (Å²) in [6.45, 7) is 3.00. The highest BCUT2D eigenvalue weighted by molar-refractivity contribution is 6.01. The van der Waals surface area contributed by atoms with Crippen LogP contribution in [0.4, 0.5) is 25.0 Å². The lowest BCUT2D eigenvalue weighted by molar-refractivity contribution is -0.122. The number of carbonyl (C=O) groups is 2. The molecule has 2 aliphatic rings. The van der Waals surface area contributed by atoms with Crippen molar-refractivity contribution in [3.05, 3.63) is 59.2 Å². The summed E-state index contributed by atoms with van der Waals surface area (Å²) in [5.41, 5.74) is 2.52. The highest BCUT2D eigenvalue weighted by Crippen LogP contribution is 2.33. The van der Waals surface area contributed by atoms with Gasteiger partial charge in [0.2, 0.25) is 5.91 Å². The molecule has 1 saturated heterocycles. The van der Waals surface area contributed by atoms with Crippen molar-refractivity contribution in [2.75, 3.05) is 23.3 Å². The average Bonchev–Trinajstić information content (AvgIpc) is 2.64. The molecule has 1 N–H and O–H groups in total. The number of hydrogen-bond acceptors (Lipinski definition) is 2. The number of halogens is 2. The predicted molar refractivity (Wildman–Crippen MR) is 111 cm³/mol. The van der Waals surface area contributed by atoms with Crippen LogP contribution in [-0.2, 0) is 11.3 Å². The third-order valence-corrected chi connectivity index (χ3v) is 5.86. The molecule has 1 aliphatic heterocycles. The molecule has 5 nitrogen and oxygen atoms in total. The molecule has 0 radical (unpaired) electrons. The van der Waals surface area contributed by atoms with Crippen LogP contribution in [0.2, 0.25) is 0 Å². The van der Waals surface area contributed by atoms with Crippen LogP contribution in [0.1, 0.15) is 36.8 Å². The van der Waals surface area contributed by atoms with Gasteiger partial charge in [-0.2, -0.15) is 0 Å². The van der Waals surface area contributed by atoms with E-state index in [1.807, 2.05) is 25.1 Å². The molecule has 3 amide bonds.